The number of hydrogen-bond donors (Lipinski definition) is 0. The van der Waals surface area contributed by atoms with Crippen molar-refractivity contribution in [2.75, 3.05) is 13.1 Å². The van der Waals surface area contributed by atoms with Gasteiger partial charge in [-0.2, -0.15) is 0 Å². The van der Waals surface area contributed by atoms with E-state index in [-0.39, 0.29) is 5.56 Å². The van der Waals surface area contributed by atoms with E-state index in [9.17, 15) is 4.79 Å². The van der Waals surface area contributed by atoms with Gasteiger partial charge in [0.25, 0.3) is 5.56 Å². The van der Waals surface area contributed by atoms with Crippen LogP contribution in [0.4, 0.5) is 0 Å². The van der Waals surface area contributed by atoms with Crippen LogP contribution in [-0.2, 0) is 13.1 Å². The summed E-state index contributed by atoms with van der Waals surface area (Å²) in [5.74, 6) is 0.821. The summed E-state index contributed by atoms with van der Waals surface area (Å²) in [5.41, 5.74) is 2.00. The SMILES string of the molecule is Cc1sc2nc(CN3CCCC3)n(Cc3ccc(Cl)c(Cl)c3)c(=O)c2c1C. The number of nitrogens with zero attached hydrogens (tertiary/aromatic N) is 3. The average molecular weight is 422 g/mol. The van der Waals surface area contributed by atoms with Crippen LogP contribution >= 0.6 is 34.5 Å². The van der Waals surface area contributed by atoms with Gasteiger partial charge in [-0.15, -0.1) is 11.3 Å². The lowest BCUT2D eigenvalue weighted by atomic mass is 10.2. The molecule has 4 nitrogen and oxygen atoms in total. The zero-order valence-electron chi connectivity index (χ0n) is 15.4. The molecule has 4 rings (SSSR count). The Morgan fingerprint density at radius 1 is 1.11 bits per heavy atom. The van der Waals surface area contributed by atoms with Crippen LogP contribution in [0.3, 0.4) is 0 Å². The Labute approximate surface area is 172 Å². The molecule has 7 heteroatoms. The van der Waals surface area contributed by atoms with Gasteiger partial charge in [0.2, 0.25) is 0 Å². The van der Waals surface area contributed by atoms with Crippen molar-refractivity contribution in [1.29, 1.82) is 0 Å². The van der Waals surface area contributed by atoms with Crippen LogP contribution < -0.4 is 5.56 Å². The first-order chi connectivity index (χ1) is 12.9. The van der Waals surface area contributed by atoms with Crippen molar-refractivity contribution < 1.29 is 0 Å². The van der Waals surface area contributed by atoms with Gasteiger partial charge in [0, 0.05) is 4.88 Å². The van der Waals surface area contributed by atoms with Crippen molar-refractivity contribution in [2.24, 2.45) is 0 Å². The van der Waals surface area contributed by atoms with E-state index in [1.807, 2.05) is 26.0 Å². The number of fused-ring (bicyclic) bond motifs is 1. The summed E-state index contributed by atoms with van der Waals surface area (Å²) in [6, 6.07) is 5.51. The normalized spacial score (nSPS) is 15.1. The Kier molecular flexibility index (Phi) is 5.30. The number of likely N-dealkylation sites (tertiary alicyclic amines) is 1. The lowest BCUT2D eigenvalue weighted by molar-refractivity contribution is 0.315. The van der Waals surface area contributed by atoms with E-state index in [4.69, 9.17) is 28.2 Å². The smallest absolute Gasteiger partial charge is 0.262 e. The third-order valence-electron chi connectivity index (χ3n) is 5.26. The Hall–Kier alpha value is -1.40. The number of thiophene rings is 1. The zero-order chi connectivity index (χ0) is 19.1. The first-order valence-corrected chi connectivity index (χ1v) is 10.7. The second-order valence-corrected chi connectivity index (χ2v) is 9.13. The molecule has 0 aliphatic carbocycles. The van der Waals surface area contributed by atoms with E-state index < -0.39 is 0 Å². The van der Waals surface area contributed by atoms with Gasteiger partial charge in [-0.3, -0.25) is 14.3 Å². The zero-order valence-corrected chi connectivity index (χ0v) is 17.7. The fraction of sp³-hybridized carbons (Fsp3) is 0.400. The van der Waals surface area contributed by atoms with Gasteiger partial charge in [-0.25, -0.2) is 4.98 Å². The summed E-state index contributed by atoms with van der Waals surface area (Å²) >= 11 is 13.8. The second-order valence-electron chi connectivity index (χ2n) is 7.11. The molecule has 142 valence electrons. The number of aromatic nitrogens is 2. The molecule has 0 atom stereocenters. The molecule has 3 heterocycles. The van der Waals surface area contributed by atoms with Crippen molar-refractivity contribution in [3.63, 3.8) is 0 Å². The fourth-order valence-electron chi connectivity index (χ4n) is 3.61. The highest BCUT2D eigenvalue weighted by atomic mass is 35.5. The maximum absolute atomic E-state index is 13.4. The maximum Gasteiger partial charge on any atom is 0.262 e. The van der Waals surface area contributed by atoms with Crippen LogP contribution in [0.1, 0.15) is 34.7 Å². The minimum absolute atomic E-state index is 0.0297. The summed E-state index contributed by atoms with van der Waals surface area (Å²) in [6.07, 6.45) is 2.41. The van der Waals surface area contributed by atoms with E-state index in [2.05, 4.69) is 4.90 Å². The highest BCUT2D eigenvalue weighted by Gasteiger charge is 2.20. The lowest BCUT2D eigenvalue weighted by Gasteiger charge is -2.18. The largest absolute Gasteiger partial charge is 0.296 e. The predicted octanol–water partition coefficient (Wildman–Crippen LogP) is 5.03. The summed E-state index contributed by atoms with van der Waals surface area (Å²) in [7, 11) is 0. The number of aryl methyl sites for hydroxylation is 2. The van der Waals surface area contributed by atoms with Crippen molar-refractivity contribution in [3.05, 3.63) is 60.4 Å². The van der Waals surface area contributed by atoms with Crippen LogP contribution in [0.25, 0.3) is 10.2 Å². The minimum atomic E-state index is 0.0297. The first kappa shape index (κ1) is 18.9. The lowest BCUT2D eigenvalue weighted by Crippen LogP contribution is -2.30. The first-order valence-electron chi connectivity index (χ1n) is 9.09. The van der Waals surface area contributed by atoms with Gasteiger partial charge in [-0.1, -0.05) is 29.3 Å². The maximum atomic E-state index is 13.4. The van der Waals surface area contributed by atoms with E-state index in [1.54, 1.807) is 22.0 Å². The molecule has 2 aromatic heterocycles. The van der Waals surface area contributed by atoms with Crippen LogP contribution in [-0.4, -0.2) is 27.5 Å². The summed E-state index contributed by atoms with van der Waals surface area (Å²) in [5, 5.41) is 1.76. The fourth-order valence-corrected chi connectivity index (χ4v) is 4.97. The van der Waals surface area contributed by atoms with Crippen LogP contribution in [0.2, 0.25) is 10.0 Å². The van der Waals surface area contributed by atoms with E-state index in [0.29, 0.717) is 23.1 Å². The molecule has 0 radical (unpaired) electrons. The standard InChI is InChI=1S/C20H21Cl2N3OS/c1-12-13(2)27-19-18(12)20(26)25(10-14-5-6-15(21)16(22)9-14)17(23-19)11-24-7-3-4-8-24/h5-6,9H,3-4,7-8,10-11H2,1-2H3. The highest BCUT2D eigenvalue weighted by Crippen LogP contribution is 2.28. The molecule has 1 aliphatic heterocycles. The second kappa shape index (κ2) is 7.55. The average Bonchev–Trinajstić information content (AvgIpc) is 3.23. The molecule has 0 bridgehead atoms. The number of hydrogen-bond acceptors (Lipinski definition) is 4. The summed E-state index contributed by atoms with van der Waals surface area (Å²) in [6.45, 7) is 7.30. The molecule has 0 N–H and O–H groups in total. The third kappa shape index (κ3) is 3.66. The van der Waals surface area contributed by atoms with Crippen LogP contribution in [0.15, 0.2) is 23.0 Å². The van der Waals surface area contributed by atoms with Crippen molar-refractivity contribution >= 4 is 44.8 Å². The van der Waals surface area contributed by atoms with E-state index in [1.165, 1.54) is 12.8 Å². The monoisotopic (exact) mass is 421 g/mol. The van der Waals surface area contributed by atoms with E-state index in [0.717, 1.165) is 45.1 Å². The molecular formula is C20H21Cl2N3OS. The molecule has 1 aromatic carbocycles. The van der Waals surface area contributed by atoms with Gasteiger partial charge in [0.15, 0.2) is 0 Å². The quantitative estimate of drug-likeness (QED) is 0.592. The number of halogens is 2. The molecule has 3 aromatic rings. The Balaban J connectivity index is 1.83. The van der Waals surface area contributed by atoms with Crippen molar-refractivity contribution in [1.82, 2.24) is 14.5 Å². The van der Waals surface area contributed by atoms with Gasteiger partial charge < -0.3 is 0 Å². The topological polar surface area (TPSA) is 38.1 Å². The highest BCUT2D eigenvalue weighted by molar-refractivity contribution is 7.18. The Morgan fingerprint density at radius 3 is 2.56 bits per heavy atom. The van der Waals surface area contributed by atoms with Crippen LogP contribution in [0.5, 0.6) is 0 Å². The molecule has 27 heavy (non-hydrogen) atoms. The molecule has 0 unspecified atom stereocenters. The Morgan fingerprint density at radius 2 is 1.85 bits per heavy atom. The number of rotatable bonds is 4. The molecule has 1 aliphatic rings. The molecule has 0 spiro atoms. The van der Waals surface area contributed by atoms with Gasteiger partial charge in [-0.05, 0) is 63.0 Å². The molecule has 0 amide bonds. The molecule has 1 fully saturated rings. The number of benzene rings is 1. The van der Waals surface area contributed by atoms with Crippen molar-refractivity contribution in [3.8, 4) is 0 Å². The van der Waals surface area contributed by atoms with Crippen molar-refractivity contribution in [2.45, 2.75) is 39.8 Å². The molecule has 1 saturated heterocycles. The predicted molar refractivity (Wildman–Crippen MR) is 113 cm³/mol. The third-order valence-corrected chi connectivity index (χ3v) is 7.10. The molecule has 0 saturated carbocycles. The summed E-state index contributed by atoms with van der Waals surface area (Å²) < 4.78 is 1.80. The minimum Gasteiger partial charge on any atom is -0.296 e. The van der Waals surface area contributed by atoms with E-state index >= 15 is 0 Å². The Bertz CT molecular complexity index is 1070. The molecular weight excluding hydrogens is 401 g/mol. The van der Waals surface area contributed by atoms with Gasteiger partial charge in [0.1, 0.15) is 10.7 Å². The van der Waals surface area contributed by atoms with Crippen LogP contribution in [0, 0.1) is 13.8 Å². The summed E-state index contributed by atoms with van der Waals surface area (Å²) in [4.78, 5) is 22.6. The van der Waals surface area contributed by atoms with Gasteiger partial charge >= 0.3 is 0 Å². The van der Waals surface area contributed by atoms with Gasteiger partial charge in [0.05, 0.1) is 28.5 Å².